The standard InChI is InChI=1S/C35H34N2O4/c1-21-17-25(18-22(2)32(21)40-15-13-38)35(26-19-23(3)33(24(4)20-26)41-16-14-39)28-10-6-5-9-27(28)31-34(35)37-30-12-8-7-11-29(30)36-31/h5-12,17-20,38-39H,13-16H2,1-4H3. The van der Waals surface area contributed by atoms with Crippen LogP contribution >= 0.6 is 0 Å². The van der Waals surface area contributed by atoms with Crippen LogP contribution in [0.4, 0.5) is 0 Å². The van der Waals surface area contributed by atoms with Crippen LogP contribution in [0.5, 0.6) is 11.5 Å². The second kappa shape index (κ2) is 10.6. The van der Waals surface area contributed by atoms with Crippen LogP contribution in [0.25, 0.3) is 22.3 Å². The van der Waals surface area contributed by atoms with Crippen LogP contribution in [0.3, 0.4) is 0 Å². The summed E-state index contributed by atoms with van der Waals surface area (Å²) in [5, 5.41) is 18.8. The molecular weight excluding hydrogens is 512 g/mol. The zero-order valence-corrected chi connectivity index (χ0v) is 23.9. The highest BCUT2D eigenvalue weighted by atomic mass is 16.5. The number of nitrogens with zero attached hydrogens (tertiary/aromatic N) is 2. The summed E-state index contributed by atoms with van der Waals surface area (Å²) in [5.41, 5.74) is 11.0. The number of aliphatic hydroxyl groups excluding tert-OH is 2. The molecule has 0 saturated carbocycles. The van der Waals surface area contributed by atoms with E-state index in [1.807, 2.05) is 52.0 Å². The van der Waals surface area contributed by atoms with Crippen molar-refractivity contribution in [2.75, 3.05) is 26.4 Å². The Bertz CT molecular complexity index is 1670. The summed E-state index contributed by atoms with van der Waals surface area (Å²) >= 11 is 0. The van der Waals surface area contributed by atoms with Gasteiger partial charge in [-0.05, 0) is 78.8 Å². The van der Waals surface area contributed by atoms with Crippen molar-refractivity contribution in [1.29, 1.82) is 0 Å². The molecule has 0 aliphatic heterocycles. The van der Waals surface area contributed by atoms with Crippen molar-refractivity contribution in [2.24, 2.45) is 0 Å². The summed E-state index contributed by atoms with van der Waals surface area (Å²) in [4.78, 5) is 10.5. The van der Waals surface area contributed by atoms with Gasteiger partial charge < -0.3 is 19.7 Å². The summed E-state index contributed by atoms with van der Waals surface area (Å²) < 4.78 is 11.9. The van der Waals surface area contributed by atoms with Crippen LogP contribution in [0, 0.1) is 27.7 Å². The van der Waals surface area contributed by atoms with E-state index in [4.69, 9.17) is 19.4 Å². The Balaban J connectivity index is 1.72. The zero-order valence-electron chi connectivity index (χ0n) is 23.9. The topological polar surface area (TPSA) is 84.7 Å². The fraction of sp³-hybridized carbons (Fsp3) is 0.257. The van der Waals surface area contributed by atoms with Gasteiger partial charge in [-0.1, -0.05) is 60.7 Å². The van der Waals surface area contributed by atoms with Crippen LogP contribution in [0.2, 0.25) is 0 Å². The van der Waals surface area contributed by atoms with Gasteiger partial charge in [-0.15, -0.1) is 0 Å². The molecule has 0 radical (unpaired) electrons. The number of fused-ring (bicyclic) bond motifs is 4. The van der Waals surface area contributed by atoms with E-state index in [0.29, 0.717) is 0 Å². The maximum Gasteiger partial charge on any atom is 0.125 e. The average Bonchev–Trinajstić information content (AvgIpc) is 3.25. The van der Waals surface area contributed by atoms with Gasteiger partial charge in [-0.25, -0.2) is 9.97 Å². The summed E-state index contributed by atoms with van der Waals surface area (Å²) in [6.45, 7) is 8.58. The third-order valence-electron chi connectivity index (χ3n) is 7.97. The van der Waals surface area contributed by atoms with Crippen LogP contribution < -0.4 is 9.47 Å². The summed E-state index contributed by atoms with van der Waals surface area (Å²) in [5.74, 6) is 1.57. The third kappa shape index (κ3) is 4.26. The summed E-state index contributed by atoms with van der Waals surface area (Å²) in [6, 6.07) is 25.2. The molecule has 6 rings (SSSR count). The average molecular weight is 547 g/mol. The first-order valence-electron chi connectivity index (χ1n) is 14.0. The lowest BCUT2D eigenvalue weighted by atomic mass is 9.68. The largest absolute Gasteiger partial charge is 0.491 e. The lowest BCUT2D eigenvalue weighted by Gasteiger charge is -2.34. The van der Waals surface area contributed by atoms with Gasteiger partial charge in [0.05, 0.1) is 41.1 Å². The van der Waals surface area contributed by atoms with Gasteiger partial charge in [0.1, 0.15) is 24.7 Å². The molecule has 0 amide bonds. The van der Waals surface area contributed by atoms with Gasteiger partial charge in [-0.3, -0.25) is 0 Å². The van der Waals surface area contributed by atoms with Crippen molar-refractivity contribution in [3.05, 3.63) is 117 Å². The van der Waals surface area contributed by atoms with E-state index in [1.54, 1.807) is 0 Å². The summed E-state index contributed by atoms with van der Waals surface area (Å²) in [7, 11) is 0. The van der Waals surface area contributed by atoms with Gasteiger partial charge in [-0.2, -0.15) is 0 Å². The molecule has 2 N–H and O–H groups in total. The fourth-order valence-electron chi connectivity index (χ4n) is 6.43. The molecule has 6 heteroatoms. The fourth-order valence-corrected chi connectivity index (χ4v) is 6.43. The van der Waals surface area contributed by atoms with Gasteiger partial charge in [0.2, 0.25) is 0 Å². The lowest BCUT2D eigenvalue weighted by molar-refractivity contribution is 0.200. The predicted octanol–water partition coefficient (Wildman–Crippen LogP) is 5.97. The van der Waals surface area contributed by atoms with E-state index >= 15 is 0 Å². The molecule has 41 heavy (non-hydrogen) atoms. The molecule has 0 fully saturated rings. The number of para-hydroxylation sites is 2. The number of benzene rings is 4. The Morgan fingerprint density at radius 3 is 1.61 bits per heavy atom. The van der Waals surface area contributed by atoms with E-state index in [9.17, 15) is 10.2 Å². The van der Waals surface area contributed by atoms with Crippen molar-refractivity contribution >= 4 is 11.0 Å². The maximum atomic E-state index is 9.40. The van der Waals surface area contributed by atoms with Crippen LogP contribution in [0.1, 0.15) is 44.6 Å². The maximum absolute atomic E-state index is 9.40. The first-order valence-corrected chi connectivity index (χ1v) is 14.0. The Morgan fingerprint density at radius 1 is 0.634 bits per heavy atom. The molecule has 0 saturated heterocycles. The molecule has 5 aromatic rings. The molecule has 0 atom stereocenters. The molecule has 208 valence electrons. The molecule has 0 bridgehead atoms. The van der Waals surface area contributed by atoms with Crippen molar-refractivity contribution in [3.8, 4) is 22.8 Å². The SMILES string of the molecule is Cc1cc(C2(c3cc(C)c(OCCO)c(C)c3)c3ccccc3-c3nc4ccccc4nc32)cc(C)c1OCCO. The lowest BCUT2D eigenvalue weighted by Crippen LogP contribution is -2.30. The van der Waals surface area contributed by atoms with E-state index < -0.39 is 5.41 Å². The van der Waals surface area contributed by atoms with Crippen molar-refractivity contribution in [2.45, 2.75) is 33.1 Å². The molecule has 0 spiro atoms. The minimum absolute atomic E-state index is 0.0444. The van der Waals surface area contributed by atoms with Gasteiger partial charge in [0, 0.05) is 5.56 Å². The van der Waals surface area contributed by atoms with E-state index in [2.05, 4.69) is 48.5 Å². The molecule has 1 aliphatic carbocycles. The highest BCUT2D eigenvalue weighted by molar-refractivity contribution is 5.88. The Morgan fingerprint density at radius 2 is 1.10 bits per heavy atom. The molecule has 4 aromatic carbocycles. The number of hydrogen-bond donors (Lipinski definition) is 2. The van der Waals surface area contributed by atoms with Gasteiger partial charge in [0.25, 0.3) is 0 Å². The Hall–Kier alpha value is -4.26. The van der Waals surface area contributed by atoms with Crippen molar-refractivity contribution < 1.29 is 19.7 Å². The Kier molecular flexibility index (Phi) is 6.98. The van der Waals surface area contributed by atoms with E-state index in [-0.39, 0.29) is 26.4 Å². The van der Waals surface area contributed by atoms with Crippen LogP contribution in [-0.4, -0.2) is 46.6 Å². The minimum atomic E-state index is -0.751. The highest BCUT2D eigenvalue weighted by Gasteiger charge is 2.49. The molecule has 6 nitrogen and oxygen atoms in total. The van der Waals surface area contributed by atoms with Crippen LogP contribution in [0.15, 0.2) is 72.8 Å². The van der Waals surface area contributed by atoms with Crippen LogP contribution in [-0.2, 0) is 5.41 Å². The van der Waals surface area contributed by atoms with Crippen molar-refractivity contribution in [3.63, 3.8) is 0 Å². The molecule has 1 aliphatic rings. The number of aliphatic hydroxyl groups is 2. The molecule has 0 unspecified atom stereocenters. The second-order valence-electron chi connectivity index (χ2n) is 10.7. The molecular formula is C35H34N2O4. The predicted molar refractivity (Wildman–Crippen MR) is 161 cm³/mol. The quantitative estimate of drug-likeness (QED) is 0.245. The van der Waals surface area contributed by atoms with Crippen molar-refractivity contribution in [1.82, 2.24) is 9.97 Å². The first-order chi connectivity index (χ1) is 19.9. The van der Waals surface area contributed by atoms with E-state index in [1.165, 1.54) is 0 Å². The number of aromatic nitrogens is 2. The van der Waals surface area contributed by atoms with E-state index in [0.717, 1.165) is 78.4 Å². The number of hydrogen-bond acceptors (Lipinski definition) is 6. The minimum Gasteiger partial charge on any atom is -0.491 e. The monoisotopic (exact) mass is 546 g/mol. The number of rotatable bonds is 8. The Labute approximate surface area is 240 Å². The summed E-state index contributed by atoms with van der Waals surface area (Å²) in [6.07, 6.45) is 0. The normalized spacial score (nSPS) is 13.2. The smallest absolute Gasteiger partial charge is 0.125 e. The number of aryl methyl sites for hydroxylation is 4. The second-order valence-corrected chi connectivity index (χ2v) is 10.7. The third-order valence-corrected chi connectivity index (χ3v) is 7.97. The molecule has 1 aromatic heterocycles. The van der Waals surface area contributed by atoms with Gasteiger partial charge in [0.15, 0.2) is 0 Å². The highest BCUT2D eigenvalue weighted by Crippen LogP contribution is 2.56. The molecule has 1 heterocycles. The first kappa shape index (κ1) is 26.9. The zero-order chi connectivity index (χ0) is 28.7. The van der Waals surface area contributed by atoms with Gasteiger partial charge >= 0.3 is 0 Å². The number of ether oxygens (including phenoxy) is 2.